The number of thiophene rings is 1. The van der Waals surface area contributed by atoms with E-state index in [2.05, 4.69) is 61.4 Å². The molecule has 1 atom stereocenters. The van der Waals surface area contributed by atoms with Crippen molar-refractivity contribution in [1.82, 2.24) is 29.9 Å². The van der Waals surface area contributed by atoms with Gasteiger partial charge in [-0.2, -0.15) is 9.97 Å². The number of fused-ring (bicyclic) bond motifs is 1. The highest BCUT2D eigenvalue weighted by Gasteiger charge is 2.24. The second kappa shape index (κ2) is 11.3. The topological polar surface area (TPSA) is 109 Å². The van der Waals surface area contributed by atoms with Gasteiger partial charge in [0.1, 0.15) is 0 Å². The van der Waals surface area contributed by atoms with Crippen LogP contribution in [0.15, 0.2) is 22.7 Å². The Morgan fingerprint density at radius 2 is 1.90 bits per heavy atom. The SMILES string of the molecule is CCNc1nc(NCC)n2c(SCC(=O)NC(c3cccs3)C(CC)CC)nnc2n1. The van der Waals surface area contributed by atoms with Gasteiger partial charge in [0.15, 0.2) is 5.16 Å². The van der Waals surface area contributed by atoms with Crippen molar-refractivity contribution in [2.75, 3.05) is 29.5 Å². The maximum Gasteiger partial charge on any atom is 0.261 e. The van der Waals surface area contributed by atoms with E-state index in [0.717, 1.165) is 12.8 Å². The Bertz CT molecular complexity index is 971. The predicted octanol–water partition coefficient (Wildman–Crippen LogP) is 3.83. The van der Waals surface area contributed by atoms with E-state index in [9.17, 15) is 4.79 Å². The van der Waals surface area contributed by atoms with Gasteiger partial charge in [0, 0.05) is 18.0 Å². The largest absolute Gasteiger partial charge is 0.355 e. The van der Waals surface area contributed by atoms with Crippen LogP contribution in [0.4, 0.5) is 11.9 Å². The number of nitrogens with zero attached hydrogens (tertiary/aromatic N) is 5. The van der Waals surface area contributed by atoms with Gasteiger partial charge >= 0.3 is 0 Å². The summed E-state index contributed by atoms with van der Waals surface area (Å²) in [5, 5.41) is 20.6. The zero-order valence-corrected chi connectivity index (χ0v) is 20.0. The number of hydrogen-bond acceptors (Lipinski definition) is 9. The Hall–Kier alpha value is -2.40. The van der Waals surface area contributed by atoms with Gasteiger partial charge in [0.25, 0.3) is 5.78 Å². The van der Waals surface area contributed by atoms with Crippen LogP contribution >= 0.6 is 23.1 Å². The minimum atomic E-state index is -0.0257. The molecule has 0 fully saturated rings. The Morgan fingerprint density at radius 3 is 2.55 bits per heavy atom. The Morgan fingerprint density at radius 1 is 1.13 bits per heavy atom. The van der Waals surface area contributed by atoms with E-state index in [-0.39, 0.29) is 17.7 Å². The lowest BCUT2D eigenvalue weighted by molar-refractivity contribution is -0.119. The fourth-order valence-corrected chi connectivity index (χ4v) is 5.00. The van der Waals surface area contributed by atoms with Crippen molar-refractivity contribution in [2.24, 2.45) is 5.92 Å². The van der Waals surface area contributed by atoms with E-state index in [1.54, 1.807) is 15.7 Å². The van der Waals surface area contributed by atoms with Crippen LogP contribution in [0.5, 0.6) is 0 Å². The smallest absolute Gasteiger partial charge is 0.261 e. The highest BCUT2D eigenvalue weighted by Crippen LogP contribution is 2.30. The fourth-order valence-electron chi connectivity index (χ4n) is 3.39. The van der Waals surface area contributed by atoms with Gasteiger partial charge in [-0.3, -0.25) is 4.79 Å². The van der Waals surface area contributed by atoms with Crippen LogP contribution in [0.25, 0.3) is 5.78 Å². The minimum absolute atomic E-state index is 0.0257. The van der Waals surface area contributed by atoms with Gasteiger partial charge in [-0.05, 0) is 31.2 Å². The summed E-state index contributed by atoms with van der Waals surface area (Å²) in [6.07, 6.45) is 2.03. The summed E-state index contributed by atoms with van der Waals surface area (Å²) in [4.78, 5) is 22.9. The number of thioether (sulfide) groups is 1. The van der Waals surface area contributed by atoms with Crippen LogP contribution in [0.1, 0.15) is 51.5 Å². The standard InChI is InChI=1S/C20H30N8OS2/c1-5-13(6-2)16(14-10-9-11-30-14)23-15(29)12-31-20-27-26-19-25-17(21-7-3)24-18(22-8-4)28(19)20/h9-11,13,16H,5-8,12H2,1-4H3,(H,23,29)(H2,21,22,24,25,26). The van der Waals surface area contributed by atoms with E-state index in [1.165, 1.54) is 16.6 Å². The molecule has 0 spiro atoms. The molecule has 0 aliphatic heterocycles. The summed E-state index contributed by atoms with van der Waals surface area (Å²) >= 11 is 3.01. The lowest BCUT2D eigenvalue weighted by Gasteiger charge is -2.25. The predicted molar refractivity (Wildman–Crippen MR) is 127 cm³/mol. The van der Waals surface area contributed by atoms with E-state index in [1.807, 2.05) is 19.9 Å². The molecule has 11 heteroatoms. The lowest BCUT2D eigenvalue weighted by atomic mass is 9.93. The van der Waals surface area contributed by atoms with E-state index >= 15 is 0 Å². The zero-order valence-electron chi connectivity index (χ0n) is 18.4. The third-order valence-electron chi connectivity index (χ3n) is 4.93. The molecule has 3 N–H and O–H groups in total. The summed E-state index contributed by atoms with van der Waals surface area (Å²) in [5.74, 6) is 2.16. The van der Waals surface area contributed by atoms with Crippen LogP contribution in [0.2, 0.25) is 0 Å². The summed E-state index contributed by atoms with van der Waals surface area (Å²) < 4.78 is 1.75. The summed E-state index contributed by atoms with van der Waals surface area (Å²) in [6, 6.07) is 4.15. The summed E-state index contributed by atoms with van der Waals surface area (Å²) in [5.41, 5.74) is 0. The number of nitrogens with one attached hydrogen (secondary N) is 3. The number of aromatic nitrogens is 5. The Kier molecular flexibility index (Phi) is 8.47. The fraction of sp³-hybridized carbons (Fsp3) is 0.550. The second-order valence-electron chi connectivity index (χ2n) is 6.98. The third-order valence-corrected chi connectivity index (χ3v) is 6.82. The Balaban J connectivity index is 1.74. The first kappa shape index (κ1) is 23.3. The molecule has 0 bridgehead atoms. The summed E-state index contributed by atoms with van der Waals surface area (Å²) in [7, 11) is 0. The molecule has 31 heavy (non-hydrogen) atoms. The maximum atomic E-state index is 12.8. The molecule has 1 unspecified atom stereocenters. The number of rotatable bonds is 12. The molecule has 1 amide bonds. The zero-order chi connectivity index (χ0) is 22.2. The molecule has 0 saturated heterocycles. The van der Waals surface area contributed by atoms with Gasteiger partial charge < -0.3 is 16.0 Å². The van der Waals surface area contributed by atoms with Crippen molar-refractivity contribution in [3.8, 4) is 0 Å². The van der Waals surface area contributed by atoms with Gasteiger partial charge in [0.05, 0.1) is 11.8 Å². The molecular weight excluding hydrogens is 432 g/mol. The number of hydrogen-bond donors (Lipinski definition) is 3. The molecule has 9 nitrogen and oxygen atoms in total. The molecule has 0 radical (unpaired) electrons. The highest BCUT2D eigenvalue weighted by molar-refractivity contribution is 7.99. The van der Waals surface area contributed by atoms with Crippen molar-refractivity contribution in [3.63, 3.8) is 0 Å². The molecule has 3 aromatic heterocycles. The van der Waals surface area contributed by atoms with Crippen molar-refractivity contribution < 1.29 is 4.79 Å². The average molecular weight is 463 g/mol. The second-order valence-corrected chi connectivity index (χ2v) is 8.90. The average Bonchev–Trinajstić information content (AvgIpc) is 3.43. The van der Waals surface area contributed by atoms with E-state index in [0.29, 0.717) is 41.8 Å². The molecule has 0 aliphatic carbocycles. The summed E-state index contributed by atoms with van der Waals surface area (Å²) in [6.45, 7) is 9.71. The molecule has 3 heterocycles. The maximum absolute atomic E-state index is 12.8. The molecule has 0 saturated carbocycles. The first-order valence-corrected chi connectivity index (χ1v) is 12.5. The van der Waals surface area contributed by atoms with Gasteiger partial charge in [-0.1, -0.05) is 44.5 Å². The first-order chi connectivity index (χ1) is 15.1. The van der Waals surface area contributed by atoms with Crippen LogP contribution in [-0.2, 0) is 4.79 Å². The van der Waals surface area contributed by atoms with Gasteiger partial charge in [0.2, 0.25) is 17.8 Å². The van der Waals surface area contributed by atoms with Crippen LogP contribution < -0.4 is 16.0 Å². The normalized spacial score (nSPS) is 12.3. The van der Waals surface area contributed by atoms with Crippen LogP contribution in [0.3, 0.4) is 0 Å². The molecule has 3 rings (SSSR count). The molecular formula is C20H30N8OS2. The number of anilines is 2. The third kappa shape index (κ3) is 5.65. The van der Waals surface area contributed by atoms with Gasteiger partial charge in [-0.15, -0.1) is 21.5 Å². The quantitative estimate of drug-likeness (QED) is 0.349. The van der Waals surface area contributed by atoms with Crippen molar-refractivity contribution >= 4 is 46.7 Å². The first-order valence-electron chi connectivity index (χ1n) is 10.7. The lowest BCUT2D eigenvalue weighted by Crippen LogP contribution is -2.34. The molecule has 3 aromatic rings. The van der Waals surface area contributed by atoms with Crippen LogP contribution in [-0.4, -0.2) is 49.3 Å². The number of amides is 1. The highest BCUT2D eigenvalue weighted by atomic mass is 32.2. The van der Waals surface area contributed by atoms with Crippen LogP contribution in [0, 0.1) is 5.92 Å². The monoisotopic (exact) mass is 462 g/mol. The van der Waals surface area contributed by atoms with Crippen molar-refractivity contribution in [2.45, 2.75) is 51.7 Å². The van der Waals surface area contributed by atoms with E-state index in [4.69, 9.17) is 0 Å². The molecule has 0 aliphatic rings. The van der Waals surface area contributed by atoms with Crippen molar-refractivity contribution in [1.29, 1.82) is 0 Å². The number of carbonyl (C=O) groups excluding carboxylic acids is 1. The molecule has 0 aromatic carbocycles. The minimum Gasteiger partial charge on any atom is -0.355 e. The van der Waals surface area contributed by atoms with Gasteiger partial charge in [-0.25, -0.2) is 4.40 Å². The van der Waals surface area contributed by atoms with E-state index < -0.39 is 0 Å². The Labute approximate surface area is 190 Å². The van der Waals surface area contributed by atoms with Crippen molar-refractivity contribution in [3.05, 3.63) is 22.4 Å². The molecule has 168 valence electrons. The number of carbonyl (C=O) groups is 1.